The molecule has 0 amide bonds. The number of hydrogen-bond donors (Lipinski definition) is 1. The van der Waals surface area contributed by atoms with Crippen molar-refractivity contribution in [2.75, 3.05) is 18.0 Å². The first-order valence-electron chi connectivity index (χ1n) is 6.62. The predicted octanol–water partition coefficient (Wildman–Crippen LogP) is 3.84. The summed E-state index contributed by atoms with van der Waals surface area (Å²) in [7, 11) is 0. The van der Waals surface area contributed by atoms with E-state index in [1.54, 1.807) is 0 Å². The van der Waals surface area contributed by atoms with E-state index in [2.05, 4.69) is 58.9 Å². The highest BCUT2D eigenvalue weighted by Crippen LogP contribution is 2.28. The molecule has 0 saturated carbocycles. The molecular weight excluding hydrogens is 302 g/mol. The fourth-order valence-electron chi connectivity index (χ4n) is 2.03. The van der Waals surface area contributed by atoms with Crippen LogP contribution in [-0.4, -0.2) is 13.1 Å². The van der Waals surface area contributed by atoms with Crippen molar-refractivity contribution in [2.24, 2.45) is 11.7 Å². The zero-order chi connectivity index (χ0) is 14.4. The van der Waals surface area contributed by atoms with Gasteiger partial charge in [0.2, 0.25) is 0 Å². The normalized spacial score (nSPS) is 12.3. The molecule has 0 aliphatic carbocycles. The summed E-state index contributed by atoms with van der Waals surface area (Å²) in [5.41, 5.74) is 8.16. The minimum absolute atomic E-state index is 0.0149. The molecule has 2 N–H and O–H groups in total. The fraction of sp³-hybridized carbons (Fsp3) is 0.533. The van der Waals surface area contributed by atoms with Gasteiger partial charge >= 0.3 is 0 Å². The van der Waals surface area contributed by atoms with Gasteiger partial charge in [0.05, 0.1) is 12.5 Å². The third-order valence-corrected chi connectivity index (χ3v) is 3.61. The van der Waals surface area contributed by atoms with Crippen molar-refractivity contribution in [3.8, 4) is 6.07 Å². The topological polar surface area (TPSA) is 53.0 Å². The smallest absolute Gasteiger partial charge is 0.0640 e. The van der Waals surface area contributed by atoms with Crippen LogP contribution < -0.4 is 10.6 Å². The van der Waals surface area contributed by atoms with Crippen molar-refractivity contribution in [2.45, 2.75) is 33.2 Å². The minimum Gasteiger partial charge on any atom is -0.370 e. The van der Waals surface area contributed by atoms with Gasteiger partial charge in [-0.3, -0.25) is 0 Å². The molecular formula is C15H22BrN3. The van der Waals surface area contributed by atoms with Gasteiger partial charge < -0.3 is 10.6 Å². The lowest BCUT2D eigenvalue weighted by Gasteiger charge is -2.26. The third-order valence-electron chi connectivity index (χ3n) is 2.92. The lowest BCUT2D eigenvalue weighted by Crippen LogP contribution is -2.28. The van der Waals surface area contributed by atoms with E-state index < -0.39 is 0 Å². The highest BCUT2D eigenvalue weighted by molar-refractivity contribution is 9.10. The Labute approximate surface area is 124 Å². The number of hydrogen-bond acceptors (Lipinski definition) is 3. The predicted molar refractivity (Wildman–Crippen MR) is 84.0 cm³/mol. The summed E-state index contributed by atoms with van der Waals surface area (Å²) in [6, 6.07) is 8.47. The SMILES string of the molecule is CC(C)CN(CCC#N)c1ccc(C(C)N)c(Br)c1. The lowest BCUT2D eigenvalue weighted by atomic mass is 10.1. The molecule has 104 valence electrons. The van der Waals surface area contributed by atoms with Crippen molar-refractivity contribution in [3.05, 3.63) is 28.2 Å². The van der Waals surface area contributed by atoms with Crippen LogP contribution in [0.3, 0.4) is 0 Å². The number of nitrogens with two attached hydrogens (primary N) is 1. The molecule has 0 saturated heterocycles. The molecule has 19 heavy (non-hydrogen) atoms. The van der Waals surface area contributed by atoms with Crippen LogP contribution in [0.1, 0.15) is 38.8 Å². The molecule has 1 aromatic carbocycles. The molecule has 0 spiro atoms. The Bertz CT molecular complexity index is 449. The summed E-state index contributed by atoms with van der Waals surface area (Å²) in [5, 5.41) is 8.77. The number of nitriles is 1. The summed E-state index contributed by atoms with van der Waals surface area (Å²) in [6.45, 7) is 8.06. The van der Waals surface area contributed by atoms with Crippen molar-refractivity contribution in [1.29, 1.82) is 5.26 Å². The molecule has 0 bridgehead atoms. The van der Waals surface area contributed by atoms with E-state index in [1.165, 1.54) is 0 Å². The quantitative estimate of drug-likeness (QED) is 0.865. The lowest BCUT2D eigenvalue weighted by molar-refractivity contribution is 0.612. The summed E-state index contributed by atoms with van der Waals surface area (Å²) >= 11 is 3.58. The van der Waals surface area contributed by atoms with Crippen molar-refractivity contribution in [3.63, 3.8) is 0 Å². The fourth-order valence-corrected chi connectivity index (χ4v) is 2.76. The average molecular weight is 324 g/mol. The zero-order valence-corrected chi connectivity index (χ0v) is 13.4. The van der Waals surface area contributed by atoms with Crippen LogP contribution in [-0.2, 0) is 0 Å². The van der Waals surface area contributed by atoms with E-state index >= 15 is 0 Å². The van der Waals surface area contributed by atoms with E-state index in [0.717, 1.165) is 28.8 Å². The number of rotatable bonds is 6. The van der Waals surface area contributed by atoms with Gasteiger partial charge in [0.25, 0.3) is 0 Å². The van der Waals surface area contributed by atoms with Crippen LogP contribution in [0.5, 0.6) is 0 Å². The van der Waals surface area contributed by atoms with Crippen LogP contribution in [0.2, 0.25) is 0 Å². The highest BCUT2D eigenvalue weighted by atomic mass is 79.9. The van der Waals surface area contributed by atoms with Gasteiger partial charge in [-0.1, -0.05) is 35.8 Å². The van der Waals surface area contributed by atoms with E-state index in [9.17, 15) is 0 Å². The molecule has 0 heterocycles. The first-order chi connectivity index (χ1) is 8.95. The van der Waals surface area contributed by atoms with Gasteiger partial charge in [-0.15, -0.1) is 0 Å². The molecule has 0 aromatic heterocycles. The molecule has 1 unspecified atom stereocenters. The number of anilines is 1. The first kappa shape index (κ1) is 16.0. The van der Waals surface area contributed by atoms with Crippen molar-refractivity contribution in [1.82, 2.24) is 0 Å². The van der Waals surface area contributed by atoms with E-state index in [-0.39, 0.29) is 6.04 Å². The van der Waals surface area contributed by atoms with E-state index in [4.69, 9.17) is 11.0 Å². The molecule has 3 nitrogen and oxygen atoms in total. The highest BCUT2D eigenvalue weighted by Gasteiger charge is 2.11. The van der Waals surface area contributed by atoms with E-state index in [0.29, 0.717) is 12.3 Å². The maximum Gasteiger partial charge on any atom is 0.0640 e. The molecule has 1 atom stereocenters. The largest absolute Gasteiger partial charge is 0.370 e. The molecule has 1 rings (SSSR count). The van der Waals surface area contributed by atoms with Gasteiger partial charge in [0, 0.05) is 29.3 Å². The van der Waals surface area contributed by atoms with Crippen LogP contribution in [0.15, 0.2) is 22.7 Å². The summed E-state index contributed by atoms with van der Waals surface area (Å²) in [5.74, 6) is 0.561. The first-order valence-corrected chi connectivity index (χ1v) is 7.42. The monoisotopic (exact) mass is 323 g/mol. The maximum atomic E-state index is 8.77. The maximum absolute atomic E-state index is 8.77. The number of benzene rings is 1. The van der Waals surface area contributed by atoms with Gasteiger partial charge in [0.1, 0.15) is 0 Å². The third kappa shape index (κ3) is 4.85. The van der Waals surface area contributed by atoms with Crippen molar-refractivity contribution >= 4 is 21.6 Å². The van der Waals surface area contributed by atoms with Gasteiger partial charge in [-0.2, -0.15) is 5.26 Å². The molecule has 4 heteroatoms. The second-order valence-corrected chi connectivity index (χ2v) is 6.10. The minimum atomic E-state index is 0.0149. The Morgan fingerprint density at radius 3 is 2.53 bits per heavy atom. The Hall–Kier alpha value is -1.05. The molecule has 0 aliphatic heterocycles. The Morgan fingerprint density at radius 2 is 2.05 bits per heavy atom. The standard InChI is InChI=1S/C15H22BrN3/c1-11(2)10-19(8-4-7-17)13-5-6-14(12(3)18)15(16)9-13/h5-6,9,11-12H,4,8,10,18H2,1-3H3. The zero-order valence-electron chi connectivity index (χ0n) is 11.9. The van der Waals surface area contributed by atoms with Crippen LogP contribution in [0, 0.1) is 17.2 Å². The van der Waals surface area contributed by atoms with E-state index in [1.807, 2.05) is 6.92 Å². The van der Waals surface area contributed by atoms with Gasteiger partial charge in [-0.05, 0) is 30.5 Å². The Balaban J connectivity index is 2.96. The molecule has 0 aliphatic rings. The van der Waals surface area contributed by atoms with Gasteiger partial charge in [-0.25, -0.2) is 0 Å². The summed E-state index contributed by atoms with van der Waals surface area (Å²) in [4.78, 5) is 2.25. The number of halogens is 1. The Kier molecular flexibility index (Phi) is 6.33. The second kappa shape index (κ2) is 7.52. The Morgan fingerprint density at radius 1 is 1.37 bits per heavy atom. The van der Waals surface area contributed by atoms with Crippen LogP contribution >= 0.6 is 15.9 Å². The average Bonchev–Trinajstić information content (AvgIpc) is 2.33. The molecule has 0 fully saturated rings. The second-order valence-electron chi connectivity index (χ2n) is 5.24. The summed E-state index contributed by atoms with van der Waals surface area (Å²) in [6.07, 6.45) is 0.541. The number of nitrogens with zero attached hydrogens (tertiary/aromatic N) is 2. The van der Waals surface area contributed by atoms with Crippen molar-refractivity contribution < 1.29 is 0 Å². The molecule has 0 radical (unpaired) electrons. The molecule has 1 aromatic rings. The summed E-state index contributed by atoms with van der Waals surface area (Å²) < 4.78 is 1.03. The van der Waals surface area contributed by atoms with Gasteiger partial charge in [0.15, 0.2) is 0 Å². The van der Waals surface area contributed by atoms with Crippen LogP contribution in [0.4, 0.5) is 5.69 Å². The van der Waals surface area contributed by atoms with Crippen LogP contribution in [0.25, 0.3) is 0 Å².